The topological polar surface area (TPSA) is 41.6 Å². The summed E-state index contributed by atoms with van der Waals surface area (Å²) in [5, 5.41) is 2.92. The molecule has 2 amide bonds. The molecular formula is C13H18N2O2S. The van der Waals surface area contributed by atoms with E-state index in [0.29, 0.717) is 19.7 Å². The van der Waals surface area contributed by atoms with Crippen molar-refractivity contribution in [3.8, 4) is 0 Å². The molecule has 1 fully saturated rings. The van der Waals surface area contributed by atoms with E-state index in [0.717, 1.165) is 10.6 Å². The maximum Gasteiger partial charge on any atom is 0.322 e. The fourth-order valence-electron chi connectivity index (χ4n) is 1.91. The van der Waals surface area contributed by atoms with Gasteiger partial charge in [0.15, 0.2) is 0 Å². The second-order valence-electron chi connectivity index (χ2n) is 4.29. The van der Waals surface area contributed by atoms with Crippen LogP contribution in [0.4, 0.5) is 10.5 Å². The van der Waals surface area contributed by atoms with Gasteiger partial charge in [-0.1, -0.05) is 6.07 Å². The predicted molar refractivity (Wildman–Crippen MR) is 74.2 cm³/mol. The number of benzene rings is 1. The zero-order chi connectivity index (χ0) is 13.0. The molecule has 0 radical (unpaired) electrons. The minimum Gasteiger partial charge on any atom is -0.375 e. The van der Waals surface area contributed by atoms with Crippen molar-refractivity contribution in [2.24, 2.45) is 0 Å². The molecule has 0 aliphatic carbocycles. The molecule has 1 atom stereocenters. The number of ether oxygens (including phenoxy) is 1. The number of thioether (sulfide) groups is 1. The summed E-state index contributed by atoms with van der Waals surface area (Å²) >= 11 is 1.66. The Kier molecular flexibility index (Phi) is 4.49. The number of nitrogens with zero attached hydrogens (tertiary/aromatic N) is 1. The van der Waals surface area contributed by atoms with Gasteiger partial charge in [0.25, 0.3) is 0 Å². The molecule has 0 aromatic heterocycles. The Balaban J connectivity index is 1.97. The quantitative estimate of drug-likeness (QED) is 0.837. The van der Waals surface area contributed by atoms with Gasteiger partial charge in [0.05, 0.1) is 12.7 Å². The van der Waals surface area contributed by atoms with E-state index in [1.165, 1.54) is 0 Å². The van der Waals surface area contributed by atoms with Crippen molar-refractivity contribution in [3.05, 3.63) is 24.3 Å². The van der Waals surface area contributed by atoms with Crippen molar-refractivity contribution in [2.75, 3.05) is 31.3 Å². The first-order chi connectivity index (χ1) is 8.69. The molecule has 0 saturated carbocycles. The fourth-order valence-corrected chi connectivity index (χ4v) is 2.37. The van der Waals surface area contributed by atoms with E-state index in [-0.39, 0.29) is 12.1 Å². The molecule has 2 rings (SSSR count). The van der Waals surface area contributed by atoms with Gasteiger partial charge in [-0.2, -0.15) is 0 Å². The van der Waals surface area contributed by atoms with Crippen molar-refractivity contribution in [1.82, 2.24) is 4.90 Å². The summed E-state index contributed by atoms with van der Waals surface area (Å²) in [5.41, 5.74) is 0.839. The van der Waals surface area contributed by atoms with Gasteiger partial charge in [0.2, 0.25) is 0 Å². The van der Waals surface area contributed by atoms with Crippen LogP contribution < -0.4 is 5.32 Å². The summed E-state index contributed by atoms with van der Waals surface area (Å²) in [7, 11) is 0. The minimum absolute atomic E-state index is 0.0524. The van der Waals surface area contributed by atoms with Crippen molar-refractivity contribution in [1.29, 1.82) is 0 Å². The number of carbonyl (C=O) groups is 1. The summed E-state index contributed by atoms with van der Waals surface area (Å²) < 4.78 is 5.42. The Bertz CT molecular complexity index is 425. The zero-order valence-electron chi connectivity index (χ0n) is 10.7. The first-order valence-corrected chi connectivity index (χ1v) is 7.23. The molecule has 1 aliphatic heterocycles. The lowest BCUT2D eigenvalue weighted by Gasteiger charge is -2.31. The number of urea groups is 1. The van der Waals surface area contributed by atoms with Crippen LogP contribution in [0.25, 0.3) is 0 Å². The first kappa shape index (κ1) is 13.2. The third-order valence-electron chi connectivity index (χ3n) is 2.85. The summed E-state index contributed by atoms with van der Waals surface area (Å²) in [6.07, 6.45) is 2.13. The van der Waals surface area contributed by atoms with Crippen molar-refractivity contribution in [3.63, 3.8) is 0 Å². The molecule has 18 heavy (non-hydrogen) atoms. The van der Waals surface area contributed by atoms with Gasteiger partial charge >= 0.3 is 6.03 Å². The Morgan fingerprint density at radius 2 is 2.39 bits per heavy atom. The number of hydrogen-bond donors (Lipinski definition) is 1. The van der Waals surface area contributed by atoms with Gasteiger partial charge in [0, 0.05) is 23.7 Å². The molecule has 4 nitrogen and oxygen atoms in total. The summed E-state index contributed by atoms with van der Waals surface area (Å²) in [6, 6.07) is 7.80. The predicted octanol–water partition coefficient (Wildman–Crippen LogP) is 2.66. The summed E-state index contributed by atoms with van der Waals surface area (Å²) in [5.74, 6) is 0. The van der Waals surface area contributed by atoms with E-state index in [9.17, 15) is 4.79 Å². The van der Waals surface area contributed by atoms with Gasteiger partial charge < -0.3 is 15.0 Å². The van der Waals surface area contributed by atoms with E-state index in [2.05, 4.69) is 5.32 Å². The number of hydrogen-bond acceptors (Lipinski definition) is 3. The number of anilines is 1. The van der Waals surface area contributed by atoms with Gasteiger partial charge in [-0.3, -0.25) is 0 Å². The van der Waals surface area contributed by atoms with Gasteiger partial charge in [-0.05, 0) is 31.4 Å². The van der Waals surface area contributed by atoms with Gasteiger partial charge in [-0.25, -0.2) is 4.79 Å². The number of nitrogens with one attached hydrogen (secondary N) is 1. The van der Waals surface area contributed by atoms with Gasteiger partial charge in [-0.15, -0.1) is 11.8 Å². The smallest absolute Gasteiger partial charge is 0.322 e. The molecule has 1 aromatic carbocycles. The lowest BCUT2D eigenvalue weighted by atomic mass is 10.3. The third kappa shape index (κ3) is 3.40. The van der Waals surface area contributed by atoms with Crippen LogP contribution in [0, 0.1) is 0 Å². The van der Waals surface area contributed by atoms with Gasteiger partial charge in [0.1, 0.15) is 0 Å². The zero-order valence-corrected chi connectivity index (χ0v) is 11.5. The molecule has 0 bridgehead atoms. The number of carbonyl (C=O) groups excluding carboxylic acids is 1. The van der Waals surface area contributed by atoms with Crippen LogP contribution in [0.3, 0.4) is 0 Å². The van der Waals surface area contributed by atoms with Crippen LogP contribution in [0.15, 0.2) is 29.2 Å². The second-order valence-corrected chi connectivity index (χ2v) is 5.17. The van der Waals surface area contributed by atoms with Crippen LogP contribution in [0.5, 0.6) is 0 Å². The van der Waals surface area contributed by atoms with Crippen LogP contribution in [0.2, 0.25) is 0 Å². The number of morpholine rings is 1. The lowest BCUT2D eigenvalue weighted by molar-refractivity contribution is -0.00138. The third-order valence-corrected chi connectivity index (χ3v) is 3.57. The largest absolute Gasteiger partial charge is 0.375 e. The van der Waals surface area contributed by atoms with E-state index < -0.39 is 0 Å². The highest BCUT2D eigenvalue weighted by Gasteiger charge is 2.21. The molecule has 1 N–H and O–H groups in total. The first-order valence-electron chi connectivity index (χ1n) is 6.00. The normalized spacial score (nSPS) is 19.7. The van der Waals surface area contributed by atoms with Crippen LogP contribution in [-0.4, -0.2) is 43.0 Å². The maximum atomic E-state index is 12.1. The van der Waals surface area contributed by atoms with E-state index >= 15 is 0 Å². The molecule has 0 spiro atoms. The highest BCUT2D eigenvalue weighted by molar-refractivity contribution is 7.98. The monoisotopic (exact) mass is 266 g/mol. The van der Waals surface area contributed by atoms with Crippen LogP contribution in [0.1, 0.15) is 6.92 Å². The average molecular weight is 266 g/mol. The Morgan fingerprint density at radius 3 is 3.11 bits per heavy atom. The Morgan fingerprint density at radius 1 is 1.56 bits per heavy atom. The SMILES string of the molecule is CSc1cccc(NC(=O)N2CCO[C@H](C)C2)c1. The lowest BCUT2D eigenvalue weighted by Crippen LogP contribution is -2.46. The van der Waals surface area contributed by atoms with Crippen LogP contribution in [-0.2, 0) is 4.74 Å². The maximum absolute atomic E-state index is 12.1. The number of rotatable bonds is 2. The highest BCUT2D eigenvalue weighted by Crippen LogP contribution is 2.19. The molecule has 98 valence electrons. The van der Waals surface area contributed by atoms with E-state index in [1.807, 2.05) is 37.4 Å². The van der Waals surface area contributed by atoms with Crippen molar-refractivity contribution >= 4 is 23.5 Å². The Labute approximate surface area is 112 Å². The molecule has 1 aliphatic rings. The van der Waals surface area contributed by atoms with E-state index in [4.69, 9.17) is 4.74 Å². The molecule has 5 heteroatoms. The molecule has 0 unspecified atom stereocenters. The summed E-state index contributed by atoms with van der Waals surface area (Å²) in [4.78, 5) is 15.0. The second kappa shape index (κ2) is 6.11. The highest BCUT2D eigenvalue weighted by atomic mass is 32.2. The fraction of sp³-hybridized carbons (Fsp3) is 0.462. The molecular weight excluding hydrogens is 248 g/mol. The Hall–Kier alpha value is -1.20. The van der Waals surface area contributed by atoms with Crippen molar-refractivity contribution < 1.29 is 9.53 Å². The van der Waals surface area contributed by atoms with Crippen molar-refractivity contribution in [2.45, 2.75) is 17.9 Å². The van der Waals surface area contributed by atoms with E-state index in [1.54, 1.807) is 16.7 Å². The molecule has 1 aromatic rings. The minimum atomic E-state index is -0.0524. The summed E-state index contributed by atoms with van der Waals surface area (Å²) in [6.45, 7) is 3.89. The molecule has 1 saturated heterocycles. The standard InChI is InChI=1S/C13H18N2O2S/c1-10-9-15(6-7-17-10)13(16)14-11-4-3-5-12(8-11)18-2/h3-5,8,10H,6-7,9H2,1-2H3,(H,14,16)/t10-/m1/s1. The van der Waals surface area contributed by atoms with Crippen LogP contribution >= 0.6 is 11.8 Å². The average Bonchev–Trinajstić information content (AvgIpc) is 2.39. The number of amides is 2. The molecule has 1 heterocycles.